The molecule has 6 amide bonds. The number of anilines is 4. The number of aromatic hydroxyl groups is 1. The summed E-state index contributed by atoms with van der Waals surface area (Å²) in [5.74, 6) is -0.989. The molecular formula is C105H139BrCl3N21O14S5. The molecule has 10 aromatic rings. The Bertz CT molecular complexity index is 5930. The van der Waals surface area contributed by atoms with E-state index in [0.29, 0.717) is 89.5 Å². The number of hydrogen-bond acceptors (Lipinski definition) is 31. The maximum absolute atomic E-state index is 12.3. The molecule has 5 heterocycles. The van der Waals surface area contributed by atoms with Crippen molar-refractivity contribution >= 4 is 214 Å². The number of nitrogens with zero attached hydrogens (tertiary/aromatic N) is 12. The number of aliphatic hydroxyl groups excluding tert-OH is 1. The first-order valence-corrected chi connectivity index (χ1v) is 49.9. The number of nitrogens with two attached hydrogens (primary N) is 8. The van der Waals surface area contributed by atoms with Crippen molar-refractivity contribution in [2.45, 2.75) is 125 Å². The first kappa shape index (κ1) is 134. The molecule has 35 nitrogen and oxygen atoms in total. The predicted molar refractivity (Wildman–Crippen MR) is 623 cm³/mol. The Morgan fingerprint density at radius 2 is 0.738 bits per heavy atom. The number of aryl methyl sites for hydroxylation is 6. The predicted octanol–water partition coefficient (Wildman–Crippen LogP) is 16.9. The van der Waals surface area contributed by atoms with Crippen molar-refractivity contribution in [1.82, 2.24) is 54.7 Å². The van der Waals surface area contributed by atoms with Gasteiger partial charge in [0.1, 0.15) is 23.0 Å². The van der Waals surface area contributed by atoms with Gasteiger partial charge < -0.3 is 94.6 Å². The molecule has 0 saturated carbocycles. The van der Waals surface area contributed by atoms with Crippen molar-refractivity contribution in [2.24, 2.45) is 32.9 Å². The molecule has 3 aliphatic rings. The lowest BCUT2D eigenvalue weighted by atomic mass is 10.1. The van der Waals surface area contributed by atoms with Crippen molar-refractivity contribution in [1.29, 1.82) is 0 Å². The van der Waals surface area contributed by atoms with E-state index in [9.17, 15) is 43.5 Å². The summed E-state index contributed by atoms with van der Waals surface area (Å²) in [5.41, 5.74) is 53.2. The number of phenols is 1. The van der Waals surface area contributed by atoms with E-state index in [1.807, 2.05) is 115 Å². The second-order valence-corrected chi connectivity index (χ2v) is 36.1. The van der Waals surface area contributed by atoms with Gasteiger partial charge in [-0.3, -0.25) is 48.9 Å². The molecule has 0 spiro atoms. The van der Waals surface area contributed by atoms with Crippen LogP contribution in [0.4, 0.5) is 23.3 Å². The fourth-order valence-electron chi connectivity index (χ4n) is 12.5. The number of cyclic esters (lactones) is 2. The molecule has 19 N–H and O–H groups in total. The molecule has 0 radical (unpaired) electrons. The number of nitrogens with one attached hydrogen (secondary N) is 1. The Morgan fingerprint density at radius 1 is 0.450 bits per heavy atom. The summed E-state index contributed by atoms with van der Waals surface area (Å²) in [6, 6.07) is 59.9. The molecule has 3 aliphatic heterocycles. The minimum Gasteiger partial charge on any atom is -0.508 e. The molecule has 2 aromatic heterocycles. The number of thioether (sulfide) groups is 1. The number of halogens is 4. The van der Waals surface area contributed by atoms with E-state index in [4.69, 9.17) is 131 Å². The van der Waals surface area contributed by atoms with E-state index in [0.717, 1.165) is 121 Å². The Kier molecular flexibility index (Phi) is 65.2. The van der Waals surface area contributed by atoms with Crippen LogP contribution in [0.1, 0.15) is 202 Å². The number of ether oxygens (including phenoxy) is 4. The van der Waals surface area contributed by atoms with Crippen LogP contribution in [-0.2, 0) is 36.8 Å². The fourth-order valence-corrected chi connectivity index (χ4v) is 13.2. The van der Waals surface area contributed by atoms with E-state index in [-0.39, 0.29) is 112 Å². The number of rotatable bonds is 28. The zero-order chi connectivity index (χ0) is 109. The van der Waals surface area contributed by atoms with Crippen molar-refractivity contribution in [3.05, 3.63) is 283 Å². The summed E-state index contributed by atoms with van der Waals surface area (Å²) in [5, 5.41) is 20.4. The highest BCUT2D eigenvalue weighted by atomic mass is 79.9. The van der Waals surface area contributed by atoms with Crippen LogP contribution in [0.15, 0.2) is 204 Å². The Labute approximate surface area is 925 Å². The number of thiocarbonyl (C=S) groups is 4. The molecular weight excluding hydrogens is 2130 g/mol. The van der Waals surface area contributed by atoms with E-state index < -0.39 is 23.8 Å². The number of phenolic OH excluding ortho intramolecular Hbond substituents is 1. The molecule has 0 fully saturated rings. The topological polar surface area (TPSA) is 530 Å². The molecule has 0 unspecified atom stereocenters. The second kappa shape index (κ2) is 72.5. The fraction of sp³-hybridized carbons (Fsp3) is 0.333. The molecule has 149 heavy (non-hydrogen) atoms. The number of benzene rings is 8. The van der Waals surface area contributed by atoms with Gasteiger partial charge in [-0.25, -0.2) is 34.5 Å². The molecule has 0 atom stereocenters. The van der Waals surface area contributed by atoms with E-state index in [1.54, 1.807) is 132 Å². The zero-order valence-electron chi connectivity index (χ0n) is 84.5. The monoisotopic (exact) mass is 2260 g/mol. The van der Waals surface area contributed by atoms with Gasteiger partial charge in [0, 0.05) is 83.1 Å². The van der Waals surface area contributed by atoms with Crippen LogP contribution >= 0.6 is 112 Å². The number of amides is 6. The summed E-state index contributed by atoms with van der Waals surface area (Å²) in [7, 11) is 17.2. The normalized spacial score (nSPS) is 11.3. The largest absolute Gasteiger partial charge is 0.508 e. The molecule has 8 aromatic carbocycles. The van der Waals surface area contributed by atoms with E-state index in [2.05, 4.69) is 101 Å². The lowest BCUT2D eigenvalue weighted by Gasteiger charge is -2.14. The van der Waals surface area contributed by atoms with Gasteiger partial charge in [-0.1, -0.05) is 164 Å². The molecule has 13 rings (SSSR count). The van der Waals surface area contributed by atoms with Gasteiger partial charge in [0.15, 0.2) is 55.4 Å². The zero-order valence-corrected chi connectivity index (χ0v) is 92.5. The summed E-state index contributed by atoms with van der Waals surface area (Å²) >= 11 is 37.8. The maximum atomic E-state index is 12.3. The number of imide groups is 2. The van der Waals surface area contributed by atoms with Gasteiger partial charge in [-0.15, -0.1) is 28.7 Å². The van der Waals surface area contributed by atoms with Crippen LogP contribution in [0.2, 0.25) is 10.3 Å². The van der Waals surface area contributed by atoms with Gasteiger partial charge in [-0.05, 0) is 298 Å². The van der Waals surface area contributed by atoms with E-state index in [1.165, 1.54) is 62.8 Å². The number of fused-ring (bicyclic) bond motifs is 3. The number of aromatic nitrogens is 4. The number of unbranched alkanes of at least 4 members (excludes halogenated alkanes) is 5. The molecule has 44 heteroatoms. The lowest BCUT2D eigenvalue weighted by molar-refractivity contribution is 0.0440. The number of aliphatic imine (C=N–C) groups is 2. The SMILES string of the molecule is Br.C.C.CN.CN(C)C(=S)Cl.CN(C)C(=S)Oc1ccc(CCCCN)cc1.CN(C)C(=S)Oc1ccc(CCCCN2C(=O)c3ccccc3C2=O)cc1.CN(C)C(=S)Oc1ccc(CCCCN=C(N)NC(=O)c2nc(Cl)c(N)nc2N)cc1.CO.CSC(C)=NC(=O)c1nc(Cl)c(N)nc1N.Cc1ccc(CCCCN)cc1.O=C1OC(=O)c2ccccc21.O=C1c2ccccc2C(=O)N1CCCCc1ccc(O)cc1. The van der Waals surface area contributed by atoms with Crippen LogP contribution in [0, 0.1) is 6.92 Å². The number of esters is 2. The van der Waals surface area contributed by atoms with Crippen molar-refractivity contribution in [3.63, 3.8) is 0 Å². The van der Waals surface area contributed by atoms with Crippen LogP contribution < -0.4 is 65.4 Å². The molecule has 0 bridgehead atoms. The number of hydrogen-bond donors (Lipinski definition) is 11. The highest BCUT2D eigenvalue weighted by Gasteiger charge is 2.36. The van der Waals surface area contributed by atoms with Gasteiger partial charge in [0.25, 0.3) is 51.0 Å². The summed E-state index contributed by atoms with van der Waals surface area (Å²) in [6.45, 7) is 6.74. The molecule has 806 valence electrons. The minimum atomic E-state index is -0.663. The van der Waals surface area contributed by atoms with Gasteiger partial charge >= 0.3 is 11.9 Å². The first-order chi connectivity index (χ1) is 69.6. The van der Waals surface area contributed by atoms with Crippen LogP contribution in [0.3, 0.4) is 0 Å². The molecule has 0 aliphatic carbocycles. The second-order valence-electron chi connectivity index (χ2n) is 32.3. The van der Waals surface area contributed by atoms with Crippen LogP contribution in [0.25, 0.3) is 0 Å². The van der Waals surface area contributed by atoms with Gasteiger partial charge in [0.2, 0.25) is 0 Å². The van der Waals surface area contributed by atoms with Crippen molar-refractivity contribution in [2.75, 3.05) is 132 Å². The third-order valence-electron chi connectivity index (χ3n) is 20.4. The van der Waals surface area contributed by atoms with Crippen LogP contribution in [0.5, 0.6) is 23.0 Å². The Morgan fingerprint density at radius 3 is 1.05 bits per heavy atom. The van der Waals surface area contributed by atoms with Crippen molar-refractivity contribution in [3.8, 4) is 23.0 Å². The van der Waals surface area contributed by atoms with Crippen LogP contribution in [-0.4, -0.2) is 247 Å². The third-order valence-corrected chi connectivity index (χ3v) is 23.7. The number of carbonyl (C=O) groups is 8. The van der Waals surface area contributed by atoms with E-state index >= 15 is 0 Å². The maximum Gasteiger partial charge on any atom is 0.346 e. The summed E-state index contributed by atoms with van der Waals surface area (Å²) in [6.07, 6.45) is 16.2. The quantitative estimate of drug-likeness (QED) is 0.00250. The Hall–Kier alpha value is -12.9. The third kappa shape index (κ3) is 47.7. The number of aliphatic hydroxyl groups is 1. The average molecular weight is 2270 g/mol. The van der Waals surface area contributed by atoms with Gasteiger partial charge in [-0.2, -0.15) is 0 Å². The smallest absolute Gasteiger partial charge is 0.346 e. The highest BCUT2D eigenvalue weighted by molar-refractivity contribution is 8.93. The number of nitrogen functional groups attached to an aromatic ring is 4. The minimum absolute atomic E-state index is 0. The number of guanidine groups is 1. The average Bonchev–Trinajstić information content (AvgIpc) is 1.63. The molecule has 0 saturated heterocycles. The van der Waals surface area contributed by atoms with Gasteiger partial charge in [0.05, 0.1) is 38.4 Å². The number of carbonyl (C=O) groups excluding carboxylic acids is 8. The lowest BCUT2D eigenvalue weighted by Crippen LogP contribution is -2.38. The first-order valence-electron chi connectivity index (χ1n) is 45.9. The summed E-state index contributed by atoms with van der Waals surface area (Å²) < 4.78 is 21.3. The standard InChI is InChI=1S/C21H22N2O3S.C19H25ClN8O2S.C18H17NO3.C13H20N2OS.C11H17N.C8H10ClN5OS.C8H4O3.C3H6ClNS.CH5N.CH4O.2CH4.BrH/c1-22(2)21(27)26-16-12-10-15(11-13-16)7-5-6-14-23-19(24)17-8-3-4-9-18(17)20(23)25;1-28(2)19(31)30-12-8-6-11(7-9-12)5-3-4-10-24-18(23)27-17(29)13-15(21)26-16(22)14(20)25-13;20-14-10-8-13(9-11-14)5-3-4-12-19-17(21)15-6-1-2-7-16(15)18(19)22;1-15(2)13(17)16-12-8-6-11(7-9-12)5-3-4-10-14;1-10-5-7-11(8-6-10)4-2-3-9-12;1-3(16-2)12-8(15)4-6(10)14-7(11)5(9)13-4;9-7-5-3-1-2-4-6(5)8(10)11-7;1-5(2)3(4)6;2*1-2;;;/h3-4,8-13H,5-7,14H2,1-2H3;6-9H,3-5,10H2,1-2H3,(H4,21,22,26)(H3,23,24,27,29);1-2,6-11,20H,3-5,12H2;6-9H,3-5,10,14H2,1-2H3;5-8H,2-4,9,12H2,1H3;1-2H3,(H4,10,11,14);1-4H;1-2H3;2H2,1H3;2H,1H3;2*1H4;1H. The summed E-state index contributed by atoms with van der Waals surface area (Å²) in [4.78, 5) is 127. The van der Waals surface area contributed by atoms with Crippen molar-refractivity contribution < 1.29 is 67.5 Å². The Balaban J connectivity index is 0.000000872. The highest BCUT2D eigenvalue weighted by Crippen LogP contribution is 2.28.